The first-order valence-electron chi connectivity index (χ1n) is 7.29. The van der Waals surface area contributed by atoms with Crippen molar-refractivity contribution in [3.63, 3.8) is 0 Å². The molecule has 0 saturated heterocycles. The van der Waals surface area contributed by atoms with E-state index in [2.05, 4.69) is 10.4 Å². The van der Waals surface area contributed by atoms with Gasteiger partial charge in [-0.1, -0.05) is 30.7 Å². The van der Waals surface area contributed by atoms with Gasteiger partial charge in [-0.2, -0.15) is 5.10 Å². The van der Waals surface area contributed by atoms with Gasteiger partial charge in [-0.05, 0) is 31.9 Å². The Labute approximate surface area is 134 Å². The predicted octanol–water partition coefficient (Wildman–Crippen LogP) is 2.72. The summed E-state index contributed by atoms with van der Waals surface area (Å²) in [4.78, 5) is 12.4. The van der Waals surface area contributed by atoms with Crippen molar-refractivity contribution < 1.29 is 9.90 Å². The second kappa shape index (κ2) is 7.42. The van der Waals surface area contributed by atoms with Crippen LogP contribution in [-0.2, 0) is 0 Å². The minimum atomic E-state index is -0.184. The van der Waals surface area contributed by atoms with Crippen LogP contribution in [0.2, 0.25) is 5.02 Å². The zero-order chi connectivity index (χ0) is 16.1. The molecule has 0 aliphatic carbocycles. The van der Waals surface area contributed by atoms with E-state index in [1.165, 1.54) is 0 Å². The molecule has 2 N–H and O–H groups in total. The maximum Gasteiger partial charge on any atom is 0.254 e. The molecule has 0 saturated carbocycles. The van der Waals surface area contributed by atoms with Gasteiger partial charge < -0.3 is 10.4 Å². The molecule has 0 radical (unpaired) electrons. The number of benzene rings is 1. The molecule has 2 rings (SSSR count). The molecule has 1 unspecified atom stereocenters. The molecule has 1 heterocycles. The Hall–Kier alpha value is -1.85. The first-order chi connectivity index (χ1) is 10.6. The van der Waals surface area contributed by atoms with E-state index >= 15 is 0 Å². The van der Waals surface area contributed by atoms with Crippen molar-refractivity contribution in [3.8, 4) is 5.69 Å². The first kappa shape index (κ1) is 16.5. The molecule has 1 aromatic heterocycles. The van der Waals surface area contributed by atoms with Gasteiger partial charge in [-0.3, -0.25) is 4.79 Å². The maximum atomic E-state index is 12.4. The molecule has 0 aliphatic rings. The highest BCUT2D eigenvalue weighted by Gasteiger charge is 2.18. The minimum Gasteiger partial charge on any atom is -0.396 e. The Kier molecular flexibility index (Phi) is 5.57. The number of rotatable bonds is 6. The highest BCUT2D eigenvalue weighted by molar-refractivity contribution is 6.32. The van der Waals surface area contributed by atoms with Gasteiger partial charge in [0.25, 0.3) is 5.91 Å². The number of hydrogen-bond acceptors (Lipinski definition) is 3. The minimum absolute atomic E-state index is 0.0411. The van der Waals surface area contributed by atoms with Crippen LogP contribution in [0.3, 0.4) is 0 Å². The Bertz CT molecular complexity index is 655. The quantitative estimate of drug-likeness (QED) is 0.859. The SMILES string of the molecule is CCC(CCO)NC(=O)c1cnn(-c2ccccc2Cl)c1C. The van der Waals surface area contributed by atoms with Crippen LogP contribution in [0.25, 0.3) is 5.69 Å². The monoisotopic (exact) mass is 321 g/mol. The second-order valence-electron chi connectivity index (χ2n) is 5.10. The van der Waals surface area contributed by atoms with Crippen LogP contribution in [0, 0.1) is 6.92 Å². The van der Waals surface area contributed by atoms with E-state index in [4.69, 9.17) is 16.7 Å². The third-order valence-electron chi connectivity index (χ3n) is 3.64. The molecule has 0 fully saturated rings. The van der Waals surface area contributed by atoms with Gasteiger partial charge in [-0.15, -0.1) is 0 Å². The maximum absolute atomic E-state index is 12.4. The van der Waals surface area contributed by atoms with E-state index in [0.717, 1.165) is 17.8 Å². The van der Waals surface area contributed by atoms with Gasteiger partial charge in [0.15, 0.2) is 0 Å². The van der Waals surface area contributed by atoms with Crippen LogP contribution >= 0.6 is 11.6 Å². The summed E-state index contributed by atoms with van der Waals surface area (Å²) in [6.45, 7) is 3.86. The van der Waals surface area contributed by atoms with E-state index in [1.54, 1.807) is 16.9 Å². The standard InChI is InChI=1S/C16H20ClN3O2/c1-3-12(8-9-21)19-16(22)13-10-18-20(11(13)2)15-7-5-4-6-14(15)17/h4-7,10,12,21H,3,8-9H2,1-2H3,(H,19,22). The fourth-order valence-electron chi connectivity index (χ4n) is 2.30. The number of hydrogen-bond donors (Lipinski definition) is 2. The highest BCUT2D eigenvalue weighted by atomic mass is 35.5. The van der Waals surface area contributed by atoms with E-state index < -0.39 is 0 Å². The number of carbonyl (C=O) groups is 1. The van der Waals surface area contributed by atoms with Crippen LogP contribution < -0.4 is 5.32 Å². The molecule has 0 bridgehead atoms. The molecule has 1 amide bonds. The molecule has 2 aromatic rings. The summed E-state index contributed by atoms with van der Waals surface area (Å²) >= 11 is 6.18. The molecule has 22 heavy (non-hydrogen) atoms. The lowest BCUT2D eigenvalue weighted by Gasteiger charge is -2.15. The number of nitrogens with one attached hydrogen (secondary N) is 1. The molecule has 6 heteroatoms. The third-order valence-corrected chi connectivity index (χ3v) is 3.96. The van der Waals surface area contributed by atoms with Crippen LogP contribution in [0.1, 0.15) is 35.8 Å². The average molecular weight is 322 g/mol. The molecule has 0 spiro atoms. The summed E-state index contributed by atoms with van der Waals surface area (Å²) in [7, 11) is 0. The number of aromatic nitrogens is 2. The van der Waals surface area contributed by atoms with E-state index in [1.807, 2.05) is 32.0 Å². The average Bonchev–Trinajstić information content (AvgIpc) is 2.89. The van der Waals surface area contributed by atoms with Gasteiger partial charge in [0, 0.05) is 12.6 Å². The Morgan fingerprint density at radius 3 is 2.82 bits per heavy atom. The lowest BCUT2D eigenvalue weighted by Crippen LogP contribution is -2.35. The summed E-state index contributed by atoms with van der Waals surface area (Å²) in [5.74, 6) is -0.184. The van der Waals surface area contributed by atoms with Crippen LogP contribution in [0.15, 0.2) is 30.5 Å². The van der Waals surface area contributed by atoms with E-state index in [9.17, 15) is 4.79 Å². The molecule has 1 aromatic carbocycles. The first-order valence-corrected chi connectivity index (χ1v) is 7.67. The summed E-state index contributed by atoms with van der Waals surface area (Å²) in [6.07, 6.45) is 2.85. The second-order valence-corrected chi connectivity index (χ2v) is 5.50. The van der Waals surface area contributed by atoms with Gasteiger partial charge in [0.1, 0.15) is 0 Å². The molecular formula is C16H20ClN3O2. The molecular weight excluding hydrogens is 302 g/mol. The number of aliphatic hydroxyl groups is 1. The fourth-order valence-corrected chi connectivity index (χ4v) is 2.51. The van der Waals surface area contributed by atoms with Gasteiger partial charge in [0.05, 0.1) is 28.2 Å². The van der Waals surface area contributed by atoms with Crippen molar-refractivity contribution in [3.05, 3.63) is 46.7 Å². The topological polar surface area (TPSA) is 67.2 Å². The lowest BCUT2D eigenvalue weighted by molar-refractivity contribution is 0.0928. The van der Waals surface area contributed by atoms with Crippen LogP contribution in [0.5, 0.6) is 0 Å². The highest BCUT2D eigenvalue weighted by Crippen LogP contribution is 2.22. The normalized spacial score (nSPS) is 12.2. The van der Waals surface area contributed by atoms with Crippen LogP contribution in [0.4, 0.5) is 0 Å². The van der Waals surface area contributed by atoms with E-state index in [0.29, 0.717) is 17.0 Å². The Morgan fingerprint density at radius 2 is 2.18 bits per heavy atom. The van der Waals surface area contributed by atoms with Gasteiger partial charge >= 0.3 is 0 Å². The number of aliphatic hydroxyl groups excluding tert-OH is 1. The van der Waals surface area contributed by atoms with E-state index in [-0.39, 0.29) is 18.6 Å². The fraction of sp³-hybridized carbons (Fsp3) is 0.375. The van der Waals surface area contributed by atoms with Crippen molar-refractivity contribution in [1.82, 2.24) is 15.1 Å². The predicted molar refractivity (Wildman–Crippen MR) is 86.6 cm³/mol. The summed E-state index contributed by atoms with van der Waals surface area (Å²) in [5.41, 5.74) is 1.98. The zero-order valence-electron chi connectivity index (χ0n) is 12.7. The van der Waals surface area contributed by atoms with Crippen molar-refractivity contribution in [1.29, 1.82) is 0 Å². The zero-order valence-corrected chi connectivity index (χ0v) is 13.5. The molecule has 118 valence electrons. The summed E-state index contributed by atoms with van der Waals surface area (Å²) in [6, 6.07) is 7.31. The largest absolute Gasteiger partial charge is 0.396 e. The van der Waals surface area contributed by atoms with Crippen molar-refractivity contribution in [2.45, 2.75) is 32.7 Å². The van der Waals surface area contributed by atoms with Crippen LogP contribution in [-0.4, -0.2) is 33.4 Å². The molecule has 5 nitrogen and oxygen atoms in total. The van der Waals surface area contributed by atoms with Crippen molar-refractivity contribution >= 4 is 17.5 Å². The van der Waals surface area contributed by atoms with Crippen molar-refractivity contribution in [2.24, 2.45) is 0 Å². The number of amides is 1. The molecule has 0 aliphatic heterocycles. The number of nitrogens with zero attached hydrogens (tertiary/aromatic N) is 2. The lowest BCUT2D eigenvalue weighted by atomic mass is 10.1. The van der Waals surface area contributed by atoms with Gasteiger partial charge in [-0.25, -0.2) is 4.68 Å². The Morgan fingerprint density at radius 1 is 1.45 bits per heavy atom. The smallest absolute Gasteiger partial charge is 0.254 e. The summed E-state index contributed by atoms with van der Waals surface area (Å²) < 4.78 is 1.66. The number of halogens is 1. The Balaban J connectivity index is 2.24. The third kappa shape index (κ3) is 3.48. The number of para-hydroxylation sites is 1. The number of carbonyl (C=O) groups excluding carboxylic acids is 1. The summed E-state index contributed by atoms with van der Waals surface area (Å²) in [5, 5.41) is 16.8. The molecule has 1 atom stereocenters. The van der Waals surface area contributed by atoms with Gasteiger partial charge in [0.2, 0.25) is 0 Å². The van der Waals surface area contributed by atoms with Crippen molar-refractivity contribution in [2.75, 3.05) is 6.61 Å².